The van der Waals surface area contributed by atoms with Gasteiger partial charge in [-0.1, -0.05) is 32.9 Å². The average molecular weight is 263 g/mol. The second kappa shape index (κ2) is 5.87. The van der Waals surface area contributed by atoms with E-state index in [1.165, 1.54) is 10.5 Å². The van der Waals surface area contributed by atoms with Crippen LogP contribution in [0.25, 0.3) is 0 Å². The number of hydrogen-bond donors (Lipinski definition) is 0. The van der Waals surface area contributed by atoms with E-state index in [-0.39, 0.29) is 12.0 Å². The van der Waals surface area contributed by atoms with Crippen molar-refractivity contribution in [3.05, 3.63) is 29.8 Å². The van der Waals surface area contributed by atoms with Gasteiger partial charge < -0.3 is 9.64 Å². The minimum atomic E-state index is -0.829. The van der Waals surface area contributed by atoms with Crippen LogP contribution in [0.2, 0.25) is 0 Å². The topological polar surface area (TPSA) is 46.6 Å². The number of nitrogens with zero attached hydrogens (tertiary/aromatic N) is 1. The predicted octanol–water partition coefficient (Wildman–Crippen LogP) is 2.51. The van der Waals surface area contributed by atoms with Gasteiger partial charge in [-0.2, -0.15) is 0 Å². The van der Waals surface area contributed by atoms with E-state index in [1.54, 1.807) is 14.0 Å². The van der Waals surface area contributed by atoms with Gasteiger partial charge in [0.2, 0.25) is 0 Å². The largest absolute Gasteiger partial charge is 0.459 e. The molecule has 0 aliphatic heterocycles. The van der Waals surface area contributed by atoms with Crippen molar-refractivity contribution < 1.29 is 14.3 Å². The molecule has 0 N–H and O–H groups in total. The number of rotatable bonds is 2. The summed E-state index contributed by atoms with van der Waals surface area (Å²) in [5, 5.41) is 0. The number of anilines is 1. The van der Waals surface area contributed by atoms with Gasteiger partial charge in [0.15, 0.2) is 0 Å². The summed E-state index contributed by atoms with van der Waals surface area (Å²) in [6.45, 7) is 8.23. The Morgan fingerprint density at radius 3 is 2.11 bits per heavy atom. The Morgan fingerprint density at radius 1 is 1.16 bits per heavy atom. The highest BCUT2D eigenvalue weighted by molar-refractivity contribution is 6.37. The molecular weight excluding hydrogens is 242 g/mol. The summed E-state index contributed by atoms with van der Waals surface area (Å²) < 4.78 is 4.69. The number of ether oxygens (including phenoxy) is 1. The first kappa shape index (κ1) is 15.2. The van der Waals surface area contributed by atoms with Crippen molar-refractivity contribution in [3.63, 3.8) is 0 Å². The summed E-state index contributed by atoms with van der Waals surface area (Å²) in [5.74, 6) is -1.49. The fourth-order valence-electron chi connectivity index (χ4n) is 1.63. The van der Waals surface area contributed by atoms with Crippen molar-refractivity contribution in [2.45, 2.75) is 33.1 Å². The summed E-state index contributed by atoms with van der Waals surface area (Å²) in [7, 11) is 1.56. The van der Waals surface area contributed by atoms with Crippen molar-refractivity contribution in [1.82, 2.24) is 0 Å². The Hall–Kier alpha value is -1.84. The second-order valence-corrected chi connectivity index (χ2v) is 5.38. The lowest BCUT2D eigenvalue weighted by Gasteiger charge is -2.21. The number of esters is 1. The molecule has 0 saturated heterocycles. The highest BCUT2D eigenvalue weighted by Crippen LogP contribution is 2.24. The Balaban J connectivity index is 2.86. The van der Waals surface area contributed by atoms with Crippen LogP contribution in [0.1, 0.15) is 33.3 Å². The van der Waals surface area contributed by atoms with Crippen LogP contribution in [0.3, 0.4) is 0 Å². The van der Waals surface area contributed by atoms with Gasteiger partial charge in [-0.15, -0.1) is 0 Å². The normalized spacial score (nSPS) is 11.0. The van der Waals surface area contributed by atoms with Crippen LogP contribution in [0.5, 0.6) is 0 Å². The minimum absolute atomic E-state index is 0.0578. The molecule has 0 aromatic heterocycles. The SMILES string of the molecule is CCOC(=O)C(=O)N(C)c1ccc(C(C)(C)C)cc1. The fraction of sp³-hybridized carbons (Fsp3) is 0.467. The van der Waals surface area contributed by atoms with Gasteiger partial charge in [-0.25, -0.2) is 4.79 Å². The van der Waals surface area contributed by atoms with Crippen LogP contribution in [-0.2, 0) is 19.7 Å². The van der Waals surface area contributed by atoms with Crippen molar-refractivity contribution in [3.8, 4) is 0 Å². The third-order valence-electron chi connectivity index (χ3n) is 2.88. The van der Waals surface area contributed by atoms with E-state index < -0.39 is 11.9 Å². The first-order valence-electron chi connectivity index (χ1n) is 6.32. The average Bonchev–Trinajstić information content (AvgIpc) is 2.36. The summed E-state index contributed by atoms with van der Waals surface area (Å²) >= 11 is 0. The number of carbonyl (C=O) groups is 2. The molecule has 0 atom stereocenters. The van der Waals surface area contributed by atoms with E-state index in [0.717, 1.165) is 0 Å². The molecule has 104 valence electrons. The molecule has 0 heterocycles. The van der Waals surface area contributed by atoms with Crippen molar-refractivity contribution in [2.75, 3.05) is 18.6 Å². The monoisotopic (exact) mass is 263 g/mol. The number of carbonyl (C=O) groups excluding carboxylic acids is 2. The standard InChI is InChI=1S/C15H21NO3/c1-6-19-14(18)13(17)16(5)12-9-7-11(8-10-12)15(2,3)4/h7-10H,6H2,1-5H3. The van der Waals surface area contributed by atoms with Gasteiger partial charge in [-0.05, 0) is 30.0 Å². The molecule has 1 amide bonds. The van der Waals surface area contributed by atoms with Gasteiger partial charge >= 0.3 is 11.9 Å². The Labute approximate surface area is 114 Å². The van der Waals surface area contributed by atoms with Crippen molar-refractivity contribution in [2.24, 2.45) is 0 Å². The van der Waals surface area contributed by atoms with Crippen molar-refractivity contribution in [1.29, 1.82) is 0 Å². The molecule has 4 nitrogen and oxygen atoms in total. The number of amides is 1. The Bertz CT molecular complexity index is 457. The van der Waals surface area contributed by atoms with Gasteiger partial charge in [0.25, 0.3) is 0 Å². The first-order chi connectivity index (χ1) is 8.77. The second-order valence-electron chi connectivity index (χ2n) is 5.38. The van der Waals surface area contributed by atoms with Crippen molar-refractivity contribution >= 4 is 17.6 Å². The molecule has 0 aliphatic carbocycles. The first-order valence-corrected chi connectivity index (χ1v) is 6.32. The lowest BCUT2D eigenvalue weighted by molar-refractivity contribution is -0.153. The third-order valence-corrected chi connectivity index (χ3v) is 2.88. The van der Waals surface area contributed by atoms with E-state index >= 15 is 0 Å². The van der Waals surface area contributed by atoms with E-state index in [9.17, 15) is 9.59 Å². The molecule has 4 heteroatoms. The van der Waals surface area contributed by atoms with Crippen LogP contribution in [0.4, 0.5) is 5.69 Å². The molecule has 0 fully saturated rings. The Kier molecular flexibility index (Phi) is 4.70. The van der Waals surface area contributed by atoms with Gasteiger partial charge in [0.05, 0.1) is 6.61 Å². The zero-order valence-corrected chi connectivity index (χ0v) is 12.2. The zero-order chi connectivity index (χ0) is 14.6. The quantitative estimate of drug-likeness (QED) is 0.608. The molecular formula is C15H21NO3. The van der Waals surface area contributed by atoms with Gasteiger partial charge in [-0.3, -0.25) is 4.79 Å². The molecule has 0 saturated carbocycles. The van der Waals surface area contributed by atoms with Gasteiger partial charge in [0.1, 0.15) is 0 Å². The smallest absolute Gasteiger partial charge is 0.397 e. The number of hydrogen-bond acceptors (Lipinski definition) is 3. The molecule has 0 radical (unpaired) electrons. The maximum Gasteiger partial charge on any atom is 0.397 e. The molecule has 1 rings (SSSR count). The summed E-state index contributed by atoms with van der Waals surface area (Å²) in [6, 6.07) is 7.59. The highest BCUT2D eigenvalue weighted by Gasteiger charge is 2.21. The minimum Gasteiger partial charge on any atom is -0.459 e. The van der Waals surface area contributed by atoms with E-state index in [2.05, 4.69) is 20.8 Å². The maximum atomic E-state index is 11.8. The summed E-state index contributed by atoms with van der Waals surface area (Å²) in [4.78, 5) is 24.4. The molecule has 1 aromatic rings. The van der Waals surface area contributed by atoms with E-state index in [4.69, 9.17) is 4.74 Å². The predicted molar refractivity (Wildman–Crippen MR) is 75.2 cm³/mol. The van der Waals surface area contributed by atoms with Crippen LogP contribution in [0, 0.1) is 0 Å². The van der Waals surface area contributed by atoms with Crippen LogP contribution >= 0.6 is 0 Å². The fourth-order valence-corrected chi connectivity index (χ4v) is 1.63. The van der Waals surface area contributed by atoms with E-state index in [0.29, 0.717) is 5.69 Å². The van der Waals surface area contributed by atoms with E-state index in [1.807, 2.05) is 24.3 Å². The molecule has 0 aliphatic rings. The number of benzene rings is 1. The van der Waals surface area contributed by atoms with Crippen LogP contribution in [-0.4, -0.2) is 25.5 Å². The lowest BCUT2D eigenvalue weighted by atomic mass is 9.87. The molecule has 19 heavy (non-hydrogen) atoms. The van der Waals surface area contributed by atoms with Gasteiger partial charge in [0, 0.05) is 12.7 Å². The van der Waals surface area contributed by atoms with Crippen LogP contribution < -0.4 is 4.90 Å². The Morgan fingerprint density at radius 2 is 1.68 bits per heavy atom. The molecule has 1 aromatic carbocycles. The maximum absolute atomic E-state index is 11.8. The van der Waals surface area contributed by atoms with Crippen LogP contribution in [0.15, 0.2) is 24.3 Å². The summed E-state index contributed by atoms with van der Waals surface area (Å²) in [5.41, 5.74) is 1.90. The molecule has 0 bridgehead atoms. The lowest BCUT2D eigenvalue weighted by Crippen LogP contribution is -2.34. The molecule has 0 unspecified atom stereocenters. The summed E-state index contributed by atoms with van der Waals surface area (Å²) in [6.07, 6.45) is 0. The third kappa shape index (κ3) is 3.81. The molecule has 0 spiro atoms. The zero-order valence-electron chi connectivity index (χ0n) is 12.2. The number of likely N-dealkylation sites (N-methyl/N-ethyl adjacent to an activating group) is 1. The highest BCUT2D eigenvalue weighted by atomic mass is 16.5.